The van der Waals surface area contributed by atoms with Crippen LogP contribution in [0.3, 0.4) is 0 Å². The number of aromatic nitrogens is 2. The Morgan fingerprint density at radius 1 is 1.71 bits per heavy atom. The number of nitrogens with zero attached hydrogens (tertiary/aromatic N) is 3. The number of hydrogen-bond acceptors (Lipinski definition) is 4. The highest BCUT2D eigenvalue weighted by Gasteiger charge is 2.04. The standard InChI is InChI=1S/C9H10ClN3S/c1-7(4-10)6-14-9-12-3-2-8(5-11)13-9/h2-3,7H,4,6H2,1H3. The van der Waals surface area contributed by atoms with E-state index in [0.29, 0.717) is 22.6 Å². The summed E-state index contributed by atoms with van der Waals surface area (Å²) >= 11 is 7.20. The largest absolute Gasteiger partial charge is 0.231 e. The van der Waals surface area contributed by atoms with Crippen LogP contribution in [0.4, 0.5) is 0 Å². The number of nitriles is 1. The average Bonchev–Trinajstić information content (AvgIpc) is 2.26. The molecule has 0 aromatic carbocycles. The van der Waals surface area contributed by atoms with E-state index in [1.54, 1.807) is 12.3 Å². The fraction of sp³-hybridized carbons (Fsp3) is 0.444. The maximum Gasteiger partial charge on any atom is 0.188 e. The fourth-order valence-corrected chi connectivity index (χ4v) is 1.82. The molecule has 1 aromatic heterocycles. The first-order valence-electron chi connectivity index (χ1n) is 4.18. The summed E-state index contributed by atoms with van der Waals surface area (Å²) in [6, 6.07) is 3.57. The van der Waals surface area contributed by atoms with Gasteiger partial charge < -0.3 is 0 Å². The minimum Gasteiger partial charge on any atom is -0.231 e. The third-order valence-electron chi connectivity index (χ3n) is 1.51. The first-order chi connectivity index (χ1) is 6.76. The Kier molecular flexibility index (Phi) is 4.71. The SMILES string of the molecule is CC(CCl)CSc1nccc(C#N)n1. The second-order valence-electron chi connectivity index (χ2n) is 2.91. The second kappa shape index (κ2) is 5.84. The van der Waals surface area contributed by atoms with Gasteiger partial charge in [0.15, 0.2) is 5.16 Å². The van der Waals surface area contributed by atoms with E-state index in [1.165, 1.54) is 11.8 Å². The third kappa shape index (κ3) is 3.52. The van der Waals surface area contributed by atoms with Gasteiger partial charge in [0.1, 0.15) is 11.8 Å². The Morgan fingerprint density at radius 3 is 3.14 bits per heavy atom. The molecule has 0 N–H and O–H groups in total. The summed E-state index contributed by atoms with van der Waals surface area (Å²) < 4.78 is 0. The third-order valence-corrected chi connectivity index (χ3v) is 3.23. The zero-order valence-corrected chi connectivity index (χ0v) is 9.35. The molecular formula is C9H10ClN3S. The van der Waals surface area contributed by atoms with Gasteiger partial charge in [0, 0.05) is 17.8 Å². The van der Waals surface area contributed by atoms with Crippen molar-refractivity contribution in [3.05, 3.63) is 18.0 Å². The zero-order chi connectivity index (χ0) is 10.4. The van der Waals surface area contributed by atoms with Crippen LogP contribution in [0.5, 0.6) is 0 Å². The molecule has 0 fully saturated rings. The fourth-order valence-electron chi connectivity index (χ4n) is 0.734. The molecular weight excluding hydrogens is 218 g/mol. The van der Waals surface area contributed by atoms with Crippen molar-refractivity contribution in [1.29, 1.82) is 5.26 Å². The van der Waals surface area contributed by atoms with Crippen LogP contribution in [-0.2, 0) is 0 Å². The molecule has 0 amide bonds. The first-order valence-corrected chi connectivity index (χ1v) is 5.70. The summed E-state index contributed by atoms with van der Waals surface area (Å²) in [5, 5.41) is 9.25. The topological polar surface area (TPSA) is 49.6 Å². The Hall–Kier alpha value is -0.790. The minimum atomic E-state index is 0.404. The molecule has 0 aliphatic rings. The highest BCUT2D eigenvalue weighted by Crippen LogP contribution is 2.16. The molecule has 0 spiro atoms. The van der Waals surface area contributed by atoms with Gasteiger partial charge in [0.05, 0.1) is 0 Å². The highest BCUT2D eigenvalue weighted by atomic mass is 35.5. The number of thioether (sulfide) groups is 1. The number of alkyl halides is 1. The normalized spacial score (nSPS) is 12.1. The van der Waals surface area contributed by atoms with Crippen molar-refractivity contribution in [2.45, 2.75) is 12.1 Å². The molecule has 14 heavy (non-hydrogen) atoms. The molecule has 1 atom stereocenters. The average molecular weight is 228 g/mol. The molecule has 0 aliphatic heterocycles. The number of rotatable bonds is 4. The molecule has 3 nitrogen and oxygen atoms in total. The lowest BCUT2D eigenvalue weighted by molar-refractivity contribution is 0.756. The van der Waals surface area contributed by atoms with Gasteiger partial charge >= 0.3 is 0 Å². The van der Waals surface area contributed by atoms with Crippen LogP contribution in [0.15, 0.2) is 17.4 Å². The van der Waals surface area contributed by atoms with E-state index in [-0.39, 0.29) is 0 Å². The summed E-state index contributed by atoms with van der Waals surface area (Å²) in [5.41, 5.74) is 0.404. The van der Waals surface area contributed by atoms with E-state index in [9.17, 15) is 0 Å². The van der Waals surface area contributed by atoms with E-state index in [2.05, 4.69) is 16.9 Å². The highest BCUT2D eigenvalue weighted by molar-refractivity contribution is 7.99. The predicted octanol–water partition coefficient (Wildman–Crippen LogP) is 2.32. The summed E-state index contributed by atoms with van der Waals surface area (Å²) in [6.07, 6.45) is 1.60. The molecule has 74 valence electrons. The Labute approximate surface area is 92.5 Å². The van der Waals surface area contributed by atoms with Crippen molar-refractivity contribution in [3.8, 4) is 6.07 Å². The zero-order valence-electron chi connectivity index (χ0n) is 7.77. The van der Waals surface area contributed by atoms with E-state index in [0.717, 1.165) is 5.75 Å². The van der Waals surface area contributed by atoms with Crippen LogP contribution in [0, 0.1) is 17.2 Å². The van der Waals surface area contributed by atoms with Gasteiger partial charge in [-0.05, 0) is 12.0 Å². The van der Waals surface area contributed by atoms with Gasteiger partial charge in [-0.15, -0.1) is 11.6 Å². The maximum absolute atomic E-state index is 8.61. The first kappa shape index (κ1) is 11.3. The van der Waals surface area contributed by atoms with Gasteiger partial charge in [-0.2, -0.15) is 5.26 Å². The van der Waals surface area contributed by atoms with Crippen LogP contribution in [0.25, 0.3) is 0 Å². The monoisotopic (exact) mass is 227 g/mol. The van der Waals surface area contributed by atoms with Crippen molar-refractivity contribution >= 4 is 23.4 Å². The summed E-state index contributed by atoms with van der Waals surface area (Å²) in [4.78, 5) is 8.10. The van der Waals surface area contributed by atoms with E-state index in [1.807, 2.05) is 6.07 Å². The number of halogens is 1. The Bertz CT molecular complexity index is 337. The van der Waals surface area contributed by atoms with Crippen molar-refractivity contribution in [1.82, 2.24) is 9.97 Å². The van der Waals surface area contributed by atoms with Gasteiger partial charge in [0.25, 0.3) is 0 Å². The molecule has 1 rings (SSSR count). The Balaban J connectivity index is 2.55. The lowest BCUT2D eigenvalue weighted by Gasteiger charge is -2.04. The molecule has 0 aliphatic carbocycles. The Morgan fingerprint density at radius 2 is 2.50 bits per heavy atom. The van der Waals surface area contributed by atoms with Crippen molar-refractivity contribution in [2.24, 2.45) is 5.92 Å². The molecule has 0 bridgehead atoms. The van der Waals surface area contributed by atoms with E-state index >= 15 is 0 Å². The summed E-state index contributed by atoms with van der Waals surface area (Å²) in [6.45, 7) is 2.06. The van der Waals surface area contributed by atoms with Gasteiger partial charge in [-0.25, -0.2) is 9.97 Å². The van der Waals surface area contributed by atoms with E-state index in [4.69, 9.17) is 16.9 Å². The summed E-state index contributed by atoms with van der Waals surface area (Å²) in [5.74, 6) is 1.93. The molecule has 0 radical (unpaired) electrons. The second-order valence-corrected chi connectivity index (χ2v) is 4.20. The van der Waals surface area contributed by atoms with Crippen LogP contribution in [0.2, 0.25) is 0 Å². The smallest absolute Gasteiger partial charge is 0.188 e. The van der Waals surface area contributed by atoms with Crippen LogP contribution < -0.4 is 0 Å². The molecule has 0 saturated carbocycles. The van der Waals surface area contributed by atoms with Gasteiger partial charge in [-0.3, -0.25) is 0 Å². The number of hydrogen-bond donors (Lipinski definition) is 0. The molecule has 1 unspecified atom stereocenters. The minimum absolute atomic E-state index is 0.404. The van der Waals surface area contributed by atoms with Crippen LogP contribution in [-0.4, -0.2) is 21.6 Å². The maximum atomic E-state index is 8.61. The molecule has 1 heterocycles. The lowest BCUT2D eigenvalue weighted by Crippen LogP contribution is -2.00. The van der Waals surface area contributed by atoms with E-state index < -0.39 is 0 Å². The van der Waals surface area contributed by atoms with Gasteiger partial charge in [0.2, 0.25) is 0 Å². The lowest BCUT2D eigenvalue weighted by atomic mass is 10.3. The quantitative estimate of drug-likeness (QED) is 0.450. The van der Waals surface area contributed by atoms with Crippen LogP contribution >= 0.6 is 23.4 Å². The van der Waals surface area contributed by atoms with Crippen LogP contribution in [0.1, 0.15) is 12.6 Å². The predicted molar refractivity (Wildman–Crippen MR) is 57.4 cm³/mol. The molecule has 0 saturated heterocycles. The molecule has 5 heteroatoms. The van der Waals surface area contributed by atoms with Gasteiger partial charge in [-0.1, -0.05) is 18.7 Å². The van der Waals surface area contributed by atoms with Crippen molar-refractivity contribution in [3.63, 3.8) is 0 Å². The molecule has 1 aromatic rings. The summed E-state index contributed by atoms with van der Waals surface area (Å²) in [7, 11) is 0. The van der Waals surface area contributed by atoms with Crippen molar-refractivity contribution < 1.29 is 0 Å². The van der Waals surface area contributed by atoms with Crippen molar-refractivity contribution in [2.75, 3.05) is 11.6 Å².